The summed E-state index contributed by atoms with van der Waals surface area (Å²) in [6.45, 7) is 6.48. The average Bonchev–Trinajstić information content (AvgIpc) is 2.41. The van der Waals surface area contributed by atoms with Crippen LogP contribution < -0.4 is 10.6 Å². The molecular formula is C17H25ClN2O. The van der Waals surface area contributed by atoms with Gasteiger partial charge in [-0.2, -0.15) is 0 Å². The minimum absolute atomic E-state index is 0.0158. The van der Waals surface area contributed by atoms with Crippen molar-refractivity contribution in [2.24, 2.45) is 5.41 Å². The minimum atomic E-state index is 0.0158. The summed E-state index contributed by atoms with van der Waals surface area (Å²) in [5, 5.41) is 7.13. The van der Waals surface area contributed by atoms with Gasteiger partial charge < -0.3 is 10.6 Å². The molecule has 2 N–H and O–H groups in total. The zero-order valence-electron chi connectivity index (χ0n) is 13.1. The average molecular weight is 309 g/mol. The van der Waals surface area contributed by atoms with Gasteiger partial charge in [-0.05, 0) is 42.9 Å². The van der Waals surface area contributed by atoms with E-state index in [9.17, 15) is 4.79 Å². The molecule has 3 nitrogen and oxygen atoms in total. The molecule has 116 valence electrons. The van der Waals surface area contributed by atoms with Gasteiger partial charge in [-0.1, -0.05) is 38.8 Å². The molecule has 1 saturated carbocycles. The highest BCUT2D eigenvalue weighted by Crippen LogP contribution is 2.37. The zero-order valence-corrected chi connectivity index (χ0v) is 13.9. The van der Waals surface area contributed by atoms with Crippen LogP contribution in [-0.2, 0) is 4.79 Å². The first-order chi connectivity index (χ1) is 9.89. The van der Waals surface area contributed by atoms with Crippen molar-refractivity contribution >= 4 is 28.9 Å². The Morgan fingerprint density at radius 3 is 2.86 bits per heavy atom. The van der Waals surface area contributed by atoms with Gasteiger partial charge in [0.1, 0.15) is 0 Å². The van der Waals surface area contributed by atoms with E-state index in [1.165, 1.54) is 19.3 Å². The quantitative estimate of drug-likeness (QED) is 0.815. The van der Waals surface area contributed by atoms with Gasteiger partial charge in [0.15, 0.2) is 0 Å². The Bertz CT molecular complexity index is 514. The monoisotopic (exact) mass is 308 g/mol. The standard InChI is InChI=1S/C17H25ClN2O/c1-4-16(21)20-12-7-8-14(18)15(10-12)19-13-6-5-9-17(2,3)11-13/h7-8,10,13,19H,4-6,9,11H2,1-3H3,(H,20,21). The van der Waals surface area contributed by atoms with Crippen molar-refractivity contribution in [3.05, 3.63) is 23.2 Å². The van der Waals surface area contributed by atoms with Crippen molar-refractivity contribution < 1.29 is 4.79 Å². The molecule has 1 aromatic carbocycles. The Morgan fingerprint density at radius 2 is 2.19 bits per heavy atom. The van der Waals surface area contributed by atoms with E-state index in [4.69, 9.17) is 11.6 Å². The number of rotatable bonds is 4. The van der Waals surface area contributed by atoms with Crippen LogP contribution in [0.5, 0.6) is 0 Å². The van der Waals surface area contributed by atoms with Crippen LogP contribution in [0.15, 0.2) is 18.2 Å². The maximum absolute atomic E-state index is 11.5. The Labute approximate surface area is 132 Å². The van der Waals surface area contributed by atoms with Gasteiger partial charge in [0, 0.05) is 18.2 Å². The molecule has 1 aliphatic carbocycles. The fraction of sp³-hybridized carbons (Fsp3) is 0.588. The Balaban J connectivity index is 2.08. The number of carbonyl (C=O) groups is 1. The topological polar surface area (TPSA) is 41.1 Å². The van der Waals surface area contributed by atoms with E-state index in [0.717, 1.165) is 17.8 Å². The molecule has 1 atom stereocenters. The van der Waals surface area contributed by atoms with Crippen LogP contribution in [0.3, 0.4) is 0 Å². The molecule has 1 fully saturated rings. The number of hydrogen-bond donors (Lipinski definition) is 2. The summed E-state index contributed by atoms with van der Waals surface area (Å²) in [6, 6.07) is 6.05. The van der Waals surface area contributed by atoms with Crippen molar-refractivity contribution in [2.75, 3.05) is 10.6 Å². The van der Waals surface area contributed by atoms with Gasteiger partial charge in [-0.25, -0.2) is 0 Å². The van der Waals surface area contributed by atoms with E-state index in [1.807, 2.05) is 25.1 Å². The molecule has 0 aliphatic heterocycles. The Hall–Kier alpha value is -1.22. The van der Waals surface area contributed by atoms with Gasteiger partial charge in [-0.15, -0.1) is 0 Å². The number of benzene rings is 1. The van der Waals surface area contributed by atoms with Crippen LogP contribution in [0.1, 0.15) is 52.9 Å². The fourth-order valence-electron chi connectivity index (χ4n) is 3.00. The third-order valence-corrected chi connectivity index (χ3v) is 4.47. The van der Waals surface area contributed by atoms with Crippen molar-refractivity contribution in [3.8, 4) is 0 Å². The fourth-order valence-corrected chi connectivity index (χ4v) is 3.18. The summed E-state index contributed by atoms with van der Waals surface area (Å²) in [7, 11) is 0. The van der Waals surface area contributed by atoms with Gasteiger partial charge >= 0.3 is 0 Å². The van der Waals surface area contributed by atoms with Crippen LogP contribution in [-0.4, -0.2) is 11.9 Å². The van der Waals surface area contributed by atoms with Crippen LogP contribution in [0.2, 0.25) is 5.02 Å². The van der Waals surface area contributed by atoms with Crippen LogP contribution in [0.4, 0.5) is 11.4 Å². The third-order valence-electron chi connectivity index (χ3n) is 4.14. The summed E-state index contributed by atoms with van der Waals surface area (Å²) >= 11 is 6.28. The summed E-state index contributed by atoms with van der Waals surface area (Å²) < 4.78 is 0. The molecule has 0 bridgehead atoms. The largest absolute Gasteiger partial charge is 0.381 e. The molecule has 0 radical (unpaired) electrons. The van der Waals surface area contributed by atoms with E-state index >= 15 is 0 Å². The molecule has 0 spiro atoms. The molecule has 1 aromatic rings. The van der Waals surface area contributed by atoms with Gasteiger partial charge in [0.05, 0.1) is 10.7 Å². The molecule has 0 saturated heterocycles. The molecule has 0 aromatic heterocycles. The number of amides is 1. The molecule has 2 rings (SSSR count). The van der Waals surface area contributed by atoms with Crippen molar-refractivity contribution in [1.82, 2.24) is 0 Å². The normalized spacial score (nSPS) is 20.9. The summed E-state index contributed by atoms with van der Waals surface area (Å²) in [5.74, 6) is 0.0158. The molecule has 21 heavy (non-hydrogen) atoms. The molecule has 0 heterocycles. The van der Waals surface area contributed by atoms with Crippen molar-refractivity contribution in [3.63, 3.8) is 0 Å². The van der Waals surface area contributed by atoms with E-state index < -0.39 is 0 Å². The van der Waals surface area contributed by atoms with Crippen LogP contribution >= 0.6 is 11.6 Å². The second-order valence-corrected chi connectivity index (χ2v) is 7.11. The number of anilines is 2. The summed E-state index contributed by atoms with van der Waals surface area (Å²) in [6.07, 6.45) is 5.32. The van der Waals surface area contributed by atoms with Gasteiger partial charge in [-0.3, -0.25) is 4.79 Å². The first kappa shape index (κ1) is 16.2. The highest BCUT2D eigenvalue weighted by molar-refractivity contribution is 6.33. The molecular weight excluding hydrogens is 284 g/mol. The highest BCUT2D eigenvalue weighted by atomic mass is 35.5. The van der Waals surface area contributed by atoms with E-state index in [-0.39, 0.29) is 5.91 Å². The molecule has 1 unspecified atom stereocenters. The van der Waals surface area contributed by atoms with Crippen molar-refractivity contribution in [1.29, 1.82) is 0 Å². The Kier molecular flexibility index (Phi) is 5.15. The number of carbonyl (C=O) groups excluding carboxylic acids is 1. The zero-order chi connectivity index (χ0) is 15.5. The van der Waals surface area contributed by atoms with E-state index in [0.29, 0.717) is 22.9 Å². The molecule has 1 aliphatic rings. The highest BCUT2D eigenvalue weighted by Gasteiger charge is 2.28. The van der Waals surface area contributed by atoms with E-state index in [1.54, 1.807) is 0 Å². The van der Waals surface area contributed by atoms with Crippen LogP contribution in [0, 0.1) is 5.41 Å². The first-order valence-corrected chi connectivity index (χ1v) is 8.13. The van der Waals surface area contributed by atoms with Crippen LogP contribution in [0.25, 0.3) is 0 Å². The van der Waals surface area contributed by atoms with Crippen molar-refractivity contribution in [2.45, 2.75) is 58.9 Å². The van der Waals surface area contributed by atoms with Gasteiger partial charge in [0.25, 0.3) is 0 Å². The second kappa shape index (κ2) is 6.69. The predicted octanol–water partition coefficient (Wildman–Crippen LogP) is 5.07. The number of halogens is 1. The lowest BCUT2D eigenvalue weighted by Crippen LogP contribution is -2.31. The smallest absolute Gasteiger partial charge is 0.224 e. The number of nitrogens with one attached hydrogen (secondary N) is 2. The summed E-state index contributed by atoms with van der Waals surface area (Å²) in [4.78, 5) is 11.5. The first-order valence-electron chi connectivity index (χ1n) is 7.75. The number of hydrogen-bond acceptors (Lipinski definition) is 2. The van der Waals surface area contributed by atoms with E-state index in [2.05, 4.69) is 24.5 Å². The van der Waals surface area contributed by atoms with Gasteiger partial charge in [0.2, 0.25) is 5.91 Å². The Morgan fingerprint density at radius 1 is 1.43 bits per heavy atom. The summed E-state index contributed by atoms with van der Waals surface area (Å²) in [5.41, 5.74) is 2.09. The second-order valence-electron chi connectivity index (χ2n) is 6.70. The minimum Gasteiger partial charge on any atom is -0.381 e. The lowest BCUT2D eigenvalue weighted by Gasteiger charge is -2.36. The molecule has 4 heteroatoms. The lowest BCUT2D eigenvalue weighted by atomic mass is 9.75. The maximum Gasteiger partial charge on any atom is 0.224 e. The maximum atomic E-state index is 11.5. The molecule has 1 amide bonds. The third kappa shape index (κ3) is 4.63. The SMILES string of the molecule is CCC(=O)Nc1ccc(Cl)c(NC2CCCC(C)(C)C2)c1. The lowest BCUT2D eigenvalue weighted by molar-refractivity contribution is -0.115. The predicted molar refractivity (Wildman–Crippen MR) is 90.0 cm³/mol.